The smallest absolute Gasteiger partial charge is 0.338 e. The van der Waals surface area contributed by atoms with Crippen molar-refractivity contribution in [3.63, 3.8) is 0 Å². The summed E-state index contributed by atoms with van der Waals surface area (Å²) in [6.45, 7) is 1.53. The van der Waals surface area contributed by atoms with Gasteiger partial charge in [0, 0.05) is 14.1 Å². The van der Waals surface area contributed by atoms with Crippen molar-refractivity contribution in [2.75, 3.05) is 27.2 Å². The number of carbonyl (C=O) groups is 2. The highest BCUT2D eigenvalue weighted by atomic mass is 32.2. The molecule has 0 saturated heterocycles. The molecule has 0 aliphatic rings. The van der Waals surface area contributed by atoms with Gasteiger partial charge in [-0.2, -0.15) is 0 Å². The number of nitrogens with one attached hydrogen (secondary N) is 2. The van der Waals surface area contributed by atoms with Crippen LogP contribution in [0.1, 0.15) is 17.3 Å². The van der Waals surface area contributed by atoms with Gasteiger partial charge in [0.2, 0.25) is 15.9 Å². The van der Waals surface area contributed by atoms with Crippen LogP contribution in [0.15, 0.2) is 29.2 Å². The molecule has 0 radical (unpaired) electrons. The number of esters is 1. The molecule has 1 aromatic rings. The SMILES string of the molecule is CCOC(=O)c1ccc(S(=O)(=O)NCC(=O)NN(C)C)cc1. The minimum absolute atomic E-state index is 0.0433. The number of hydrazine groups is 1. The topological polar surface area (TPSA) is 105 Å². The van der Waals surface area contributed by atoms with E-state index in [1.807, 2.05) is 0 Å². The molecule has 0 aliphatic carbocycles. The molecule has 1 amide bonds. The van der Waals surface area contributed by atoms with Gasteiger partial charge >= 0.3 is 5.97 Å². The zero-order valence-corrected chi connectivity index (χ0v) is 13.4. The van der Waals surface area contributed by atoms with E-state index in [2.05, 4.69) is 10.1 Å². The molecule has 9 heteroatoms. The summed E-state index contributed by atoms with van der Waals surface area (Å²) in [7, 11) is -0.604. The van der Waals surface area contributed by atoms with Crippen molar-refractivity contribution in [1.82, 2.24) is 15.2 Å². The van der Waals surface area contributed by atoms with Gasteiger partial charge in [-0.15, -0.1) is 0 Å². The Hall–Kier alpha value is -1.97. The normalized spacial score (nSPS) is 11.3. The van der Waals surface area contributed by atoms with Crippen LogP contribution in [0.3, 0.4) is 0 Å². The lowest BCUT2D eigenvalue weighted by Crippen LogP contribution is -2.42. The largest absolute Gasteiger partial charge is 0.462 e. The third-order valence-corrected chi connectivity index (χ3v) is 3.86. The van der Waals surface area contributed by atoms with Gasteiger partial charge in [-0.05, 0) is 31.2 Å². The van der Waals surface area contributed by atoms with Crippen LogP contribution in [0, 0.1) is 0 Å². The van der Waals surface area contributed by atoms with E-state index < -0.39 is 21.9 Å². The van der Waals surface area contributed by atoms with Crippen molar-refractivity contribution >= 4 is 21.9 Å². The highest BCUT2D eigenvalue weighted by Crippen LogP contribution is 2.11. The maximum atomic E-state index is 12.0. The second kappa shape index (κ2) is 7.87. The number of ether oxygens (including phenoxy) is 1. The van der Waals surface area contributed by atoms with Crippen molar-refractivity contribution in [3.05, 3.63) is 29.8 Å². The minimum atomic E-state index is -3.83. The van der Waals surface area contributed by atoms with E-state index in [0.29, 0.717) is 0 Å². The molecule has 0 atom stereocenters. The lowest BCUT2D eigenvalue weighted by Gasteiger charge is -2.12. The lowest BCUT2D eigenvalue weighted by atomic mass is 10.2. The predicted molar refractivity (Wildman–Crippen MR) is 79.4 cm³/mol. The van der Waals surface area contributed by atoms with Crippen LogP contribution in [0.2, 0.25) is 0 Å². The van der Waals surface area contributed by atoms with E-state index in [9.17, 15) is 18.0 Å². The Balaban J connectivity index is 2.73. The van der Waals surface area contributed by atoms with Crippen LogP contribution in [0.25, 0.3) is 0 Å². The van der Waals surface area contributed by atoms with E-state index >= 15 is 0 Å². The van der Waals surface area contributed by atoms with Gasteiger partial charge in [-0.3, -0.25) is 10.2 Å². The Morgan fingerprint density at radius 1 is 1.18 bits per heavy atom. The fourth-order valence-corrected chi connectivity index (χ4v) is 2.50. The quantitative estimate of drug-likeness (QED) is 0.527. The number of nitrogens with zero attached hydrogens (tertiary/aromatic N) is 1. The molecule has 0 heterocycles. The zero-order valence-electron chi connectivity index (χ0n) is 12.6. The number of hydrogen-bond donors (Lipinski definition) is 2. The van der Waals surface area contributed by atoms with Crippen LogP contribution in [-0.4, -0.2) is 52.6 Å². The first-order valence-electron chi connectivity index (χ1n) is 6.50. The summed E-state index contributed by atoms with van der Waals surface area (Å²) in [6, 6.07) is 5.26. The van der Waals surface area contributed by atoms with Crippen LogP contribution in [0.5, 0.6) is 0 Å². The van der Waals surface area contributed by atoms with E-state index in [1.165, 1.54) is 29.3 Å². The summed E-state index contributed by atoms with van der Waals surface area (Å²) in [5.74, 6) is -1.01. The Labute approximate surface area is 129 Å². The molecular formula is C13H19N3O5S. The molecule has 0 fully saturated rings. The summed E-state index contributed by atoms with van der Waals surface area (Å²) < 4.78 is 31.0. The number of rotatable bonds is 7. The second-order valence-corrected chi connectivity index (χ2v) is 6.27. The summed E-state index contributed by atoms with van der Waals surface area (Å²) in [5.41, 5.74) is 2.67. The molecule has 1 rings (SSSR count). The number of benzene rings is 1. The molecule has 0 spiro atoms. The van der Waals surface area contributed by atoms with Gasteiger partial charge in [-0.1, -0.05) is 0 Å². The molecule has 0 aliphatic heterocycles. The molecule has 0 bridgehead atoms. The number of amides is 1. The summed E-state index contributed by atoms with van der Waals surface area (Å²) >= 11 is 0. The van der Waals surface area contributed by atoms with Gasteiger partial charge < -0.3 is 4.74 Å². The maximum absolute atomic E-state index is 12.0. The third kappa shape index (κ3) is 5.43. The first-order valence-corrected chi connectivity index (χ1v) is 7.98. The molecule has 0 saturated carbocycles. The fraction of sp³-hybridized carbons (Fsp3) is 0.385. The van der Waals surface area contributed by atoms with Crippen molar-refractivity contribution in [3.8, 4) is 0 Å². The van der Waals surface area contributed by atoms with Gasteiger partial charge in [0.25, 0.3) is 0 Å². The highest BCUT2D eigenvalue weighted by Gasteiger charge is 2.16. The predicted octanol–water partition coefficient (Wildman–Crippen LogP) is -0.266. The van der Waals surface area contributed by atoms with Gasteiger partial charge in [-0.25, -0.2) is 22.9 Å². The first-order chi connectivity index (χ1) is 10.3. The Kier molecular flexibility index (Phi) is 6.47. The summed E-state index contributed by atoms with van der Waals surface area (Å²) in [5, 5.41) is 1.41. The molecule has 2 N–H and O–H groups in total. The molecule has 0 unspecified atom stereocenters. The lowest BCUT2D eigenvalue weighted by molar-refractivity contribution is -0.123. The monoisotopic (exact) mass is 329 g/mol. The number of hydrogen-bond acceptors (Lipinski definition) is 6. The van der Waals surface area contributed by atoms with E-state index in [1.54, 1.807) is 21.0 Å². The molecular weight excluding hydrogens is 310 g/mol. The standard InChI is InChI=1S/C13H19N3O5S/c1-4-21-13(18)10-5-7-11(8-6-10)22(19,20)14-9-12(17)15-16(2)3/h5-8,14H,4,9H2,1-3H3,(H,15,17). The van der Waals surface area contributed by atoms with Crippen LogP contribution in [0.4, 0.5) is 0 Å². The van der Waals surface area contributed by atoms with Crippen LogP contribution >= 0.6 is 0 Å². The molecule has 22 heavy (non-hydrogen) atoms. The van der Waals surface area contributed by atoms with E-state index in [-0.39, 0.29) is 23.6 Å². The molecule has 1 aromatic carbocycles. The average molecular weight is 329 g/mol. The number of carbonyl (C=O) groups excluding carboxylic acids is 2. The summed E-state index contributed by atoms with van der Waals surface area (Å²) in [6.07, 6.45) is 0. The third-order valence-electron chi connectivity index (χ3n) is 2.45. The van der Waals surface area contributed by atoms with Gasteiger partial charge in [0.1, 0.15) is 0 Å². The molecule has 122 valence electrons. The Morgan fingerprint density at radius 2 is 1.77 bits per heavy atom. The van der Waals surface area contributed by atoms with Crippen LogP contribution < -0.4 is 10.1 Å². The van der Waals surface area contributed by atoms with Crippen molar-refractivity contribution in [2.45, 2.75) is 11.8 Å². The maximum Gasteiger partial charge on any atom is 0.338 e. The van der Waals surface area contributed by atoms with E-state index in [4.69, 9.17) is 4.74 Å². The first kappa shape index (κ1) is 18.1. The Morgan fingerprint density at radius 3 is 2.27 bits per heavy atom. The zero-order chi connectivity index (χ0) is 16.8. The van der Waals surface area contributed by atoms with Gasteiger partial charge in [0.15, 0.2) is 0 Å². The van der Waals surface area contributed by atoms with Crippen molar-refractivity contribution in [2.24, 2.45) is 0 Å². The van der Waals surface area contributed by atoms with Crippen molar-refractivity contribution in [1.29, 1.82) is 0 Å². The van der Waals surface area contributed by atoms with E-state index in [0.717, 1.165) is 0 Å². The van der Waals surface area contributed by atoms with Gasteiger partial charge in [0.05, 0.1) is 23.6 Å². The van der Waals surface area contributed by atoms with Crippen molar-refractivity contribution < 1.29 is 22.7 Å². The molecule has 8 nitrogen and oxygen atoms in total. The Bertz CT molecular complexity index is 626. The molecule has 0 aromatic heterocycles. The fourth-order valence-electron chi connectivity index (χ4n) is 1.52. The average Bonchev–Trinajstić information content (AvgIpc) is 2.45. The minimum Gasteiger partial charge on any atom is -0.462 e. The second-order valence-electron chi connectivity index (χ2n) is 4.50. The highest BCUT2D eigenvalue weighted by molar-refractivity contribution is 7.89. The number of sulfonamides is 1. The summed E-state index contributed by atoms with van der Waals surface area (Å²) in [4.78, 5) is 22.8. The van der Waals surface area contributed by atoms with Crippen LogP contribution in [-0.2, 0) is 19.6 Å².